The van der Waals surface area contributed by atoms with Crippen LogP contribution < -0.4 is 10.6 Å². The van der Waals surface area contributed by atoms with E-state index in [1.165, 1.54) is 13.0 Å². The Hall–Kier alpha value is -2.57. The van der Waals surface area contributed by atoms with E-state index in [1.54, 1.807) is 13.0 Å². The van der Waals surface area contributed by atoms with Crippen molar-refractivity contribution in [1.29, 1.82) is 0 Å². The van der Waals surface area contributed by atoms with Crippen molar-refractivity contribution in [3.8, 4) is 0 Å². The van der Waals surface area contributed by atoms with Crippen LogP contribution in [0.4, 0.5) is 0 Å². The highest BCUT2D eigenvalue weighted by atomic mass is 16.6. The zero-order valence-corrected chi connectivity index (χ0v) is 26.1. The average molecular weight is 604 g/mol. The topological polar surface area (TPSA) is 139 Å². The summed E-state index contributed by atoms with van der Waals surface area (Å²) in [5.74, 6) is -0.328. The molecule has 4 saturated heterocycles. The first-order chi connectivity index (χ1) is 20.5. The largest absolute Gasteiger partial charge is 0.459 e. The van der Waals surface area contributed by atoms with Crippen LogP contribution in [-0.2, 0) is 33.3 Å². The molecule has 4 heterocycles. The summed E-state index contributed by atoms with van der Waals surface area (Å²) >= 11 is 0. The van der Waals surface area contributed by atoms with Crippen LogP contribution in [0.25, 0.3) is 0 Å². The highest BCUT2D eigenvalue weighted by Gasteiger charge is 2.58. The van der Waals surface area contributed by atoms with Gasteiger partial charge in [0.25, 0.3) is 0 Å². The Morgan fingerprint density at radius 1 is 1.16 bits per heavy atom. The van der Waals surface area contributed by atoms with E-state index in [4.69, 9.17) is 18.9 Å². The summed E-state index contributed by atoms with van der Waals surface area (Å²) in [6.07, 6.45) is 8.94. The van der Waals surface area contributed by atoms with Crippen LogP contribution in [0.5, 0.6) is 0 Å². The molecule has 4 fully saturated rings. The first-order valence-corrected chi connectivity index (χ1v) is 15.6. The Morgan fingerprint density at radius 2 is 1.88 bits per heavy atom. The van der Waals surface area contributed by atoms with E-state index in [-0.39, 0.29) is 48.5 Å². The highest BCUT2D eigenvalue weighted by molar-refractivity contribution is 5.87. The Kier molecular flexibility index (Phi) is 11.6. The molecule has 240 valence electrons. The fraction of sp³-hybridized carbons (Fsp3) is 0.719. The molecule has 0 aromatic rings. The van der Waals surface area contributed by atoms with Gasteiger partial charge in [0.2, 0.25) is 11.8 Å². The lowest BCUT2D eigenvalue weighted by Gasteiger charge is -2.39. The molecule has 4 aliphatic heterocycles. The summed E-state index contributed by atoms with van der Waals surface area (Å²) in [6, 6.07) is -0.120. The first-order valence-electron chi connectivity index (χ1n) is 15.6. The Labute approximate surface area is 255 Å². The van der Waals surface area contributed by atoms with E-state index in [1.807, 2.05) is 30.9 Å². The molecule has 9 atom stereocenters. The molecule has 4 aliphatic rings. The number of aliphatic hydroxyl groups is 1. The van der Waals surface area contributed by atoms with E-state index >= 15 is 0 Å². The molecule has 43 heavy (non-hydrogen) atoms. The van der Waals surface area contributed by atoms with Gasteiger partial charge in [0, 0.05) is 45.6 Å². The normalized spacial score (nSPS) is 35.7. The monoisotopic (exact) mass is 603 g/mol. The van der Waals surface area contributed by atoms with Gasteiger partial charge in [0.1, 0.15) is 23.9 Å². The van der Waals surface area contributed by atoms with Crippen LogP contribution in [0.15, 0.2) is 36.0 Å². The van der Waals surface area contributed by atoms with Gasteiger partial charge in [-0.2, -0.15) is 0 Å². The van der Waals surface area contributed by atoms with Gasteiger partial charge in [-0.25, -0.2) is 0 Å². The summed E-state index contributed by atoms with van der Waals surface area (Å²) in [4.78, 5) is 38.1. The van der Waals surface area contributed by atoms with Crippen molar-refractivity contribution < 1.29 is 38.4 Å². The van der Waals surface area contributed by atoms with E-state index in [9.17, 15) is 19.5 Å². The average Bonchev–Trinajstić information content (AvgIpc) is 3.74. The molecule has 2 amide bonds. The van der Waals surface area contributed by atoms with Crippen LogP contribution in [0.3, 0.4) is 0 Å². The summed E-state index contributed by atoms with van der Waals surface area (Å²) in [7, 11) is 0. The van der Waals surface area contributed by atoms with Crippen molar-refractivity contribution in [3.05, 3.63) is 36.0 Å². The second-order valence-corrected chi connectivity index (χ2v) is 12.5. The van der Waals surface area contributed by atoms with Crippen molar-refractivity contribution in [1.82, 2.24) is 15.5 Å². The van der Waals surface area contributed by atoms with Crippen molar-refractivity contribution in [2.75, 3.05) is 32.8 Å². The molecule has 4 rings (SSSR count). The third kappa shape index (κ3) is 9.46. The summed E-state index contributed by atoms with van der Waals surface area (Å²) in [5, 5.41) is 17.2. The van der Waals surface area contributed by atoms with Gasteiger partial charge in [-0.1, -0.05) is 30.7 Å². The van der Waals surface area contributed by atoms with E-state index < -0.39 is 29.9 Å². The van der Waals surface area contributed by atoms with Crippen molar-refractivity contribution >= 4 is 17.8 Å². The number of esters is 1. The van der Waals surface area contributed by atoms with Gasteiger partial charge in [-0.05, 0) is 45.6 Å². The zero-order valence-electron chi connectivity index (χ0n) is 26.1. The molecule has 11 nitrogen and oxygen atoms in total. The number of epoxide rings is 1. The quantitative estimate of drug-likeness (QED) is 0.148. The molecule has 0 unspecified atom stereocenters. The van der Waals surface area contributed by atoms with Gasteiger partial charge in [0.05, 0.1) is 37.4 Å². The number of allylic oxidation sites excluding steroid dienone is 2. The van der Waals surface area contributed by atoms with Crippen molar-refractivity contribution in [2.24, 2.45) is 5.92 Å². The lowest BCUT2D eigenvalue weighted by molar-refractivity contribution is -0.151. The second-order valence-electron chi connectivity index (χ2n) is 12.5. The van der Waals surface area contributed by atoms with E-state index in [2.05, 4.69) is 23.6 Å². The number of hydrogen-bond donors (Lipinski definition) is 3. The Morgan fingerprint density at radius 3 is 2.56 bits per heavy atom. The summed E-state index contributed by atoms with van der Waals surface area (Å²) < 4.78 is 23.2. The third-order valence-corrected chi connectivity index (χ3v) is 8.80. The fourth-order valence-electron chi connectivity index (χ4n) is 6.12. The number of nitrogens with zero attached hydrogens (tertiary/aromatic N) is 1. The van der Waals surface area contributed by atoms with Crippen LogP contribution in [0.2, 0.25) is 0 Å². The lowest BCUT2D eigenvalue weighted by Crippen LogP contribution is -2.52. The van der Waals surface area contributed by atoms with Gasteiger partial charge < -0.3 is 39.6 Å². The number of aliphatic hydroxyl groups excluding tert-OH is 1. The third-order valence-electron chi connectivity index (χ3n) is 8.80. The molecule has 0 bridgehead atoms. The number of rotatable bonds is 10. The van der Waals surface area contributed by atoms with Crippen LogP contribution in [0, 0.1) is 5.92 Å². The Bertz CT molecular complexity index is 1080. The molecule has 3 N–H and O–H groups in total. The van der Waals surface area contributed by atoms with Gasteiger partial charge in [-0.15, -0.1) is 0 Å². The first kappa shape index (κ1) is 33.3. The van der Waals surface area contributed by atoms with Gasteiger partial charge >= 0.3 is 5.97 Å². The predicted octanol–water partition coefficient (Wildman–Crippen LogP) is 1.79. The number of carbonyl (C=O) groups is 3. The SMILES string of the molecule is CC(=O)O[C@@H](C)C=CC(=O)N[C@@H]1C[C@H](C)[C@H](CC=C(C)C=C[C@H]2O[C@H](CC(=O)N3CCNCC3)C[C@@]3(CO3)[C@@H]2O)O[C@@H]1C. The molecule has 0 saturated carbocycles. The maximum absolute atomic E-state index is 12.8. The smallest absolute Gasteiger partial charge is 0.303 e. The van der Waals surface area contributed by atoms with Crippen LogP contribution in [0.1, 0.15) is 60.3 Å². The minimum atomic E-state index is -0.781. The Balaban J connectivity index is 1.26. The van der Waals surface area contributed by atoms with Crippen LogP contribution >= 0.6 is 0 Å². The summed E-state index contributed by atoms with van der Waals surface area (Å²) in [6.45, 7) is 12.6. The standard InChI is InChI=1S/C32H49N3O8/c1-20(6-9-27-21(2)16-26(23(4)42-27)34-29(37)11-8-22(3)41-24(5)36)7-10-28-31(39)32(19-40-32)18-25(43-28)17-30(38)35-14-12-33-13-15-35/h6-8,10-11,21-23,25-28,31,33,39H,9,12-19H2,1-5H3,(H,34,37)/t21-,22-,23+,25+,26+,27-,28+,31+,32+/m0/s1. The van der Waals surface area contributed by atoms with Gasteiger partial charge in [-0.3, -0.25) is 14.4 Å². The number of carbonyl (C=O) groups excluding carboxylic acids is 3. The van der Waals surface area contributed by atoms with Gasteiger partial charge in [0.15, 0.2) is 0 Å². The minimum absolute atomic E-state index is 0.00562. The number of piperazine rings is 1. The fourth-order valence-corrected chi connectivity index (χ4v) is 6.12. The minimum Gasteiger partial charge on any atom is -0.459 e. The zero-order chi connectivity index (χ0) is 31.1. The molecule has 0 radical (unpaired) electrons. The molecule has 11 heteroatoms. The van der Waals surface area contributed by atoms with Crippen molar-refractivity contribution in [3.63, 3.8) is 0 Å². The molecule has 0 aromatic heterocycles. The number of amides is 2. The van der Waals surface area contributed by atoms with Crippen LogP contribution in [-0.4, -0.2) is 109 Å². The molecular weight excluding hydrogens is 554 g/mol. The molecule has 0 aliphatic carbocycles. The lowest BCUT2D eigenvalue weighted by atomic mass is 9.87. The predicted molar refractivity (Wildman–Crippen MR) is 160 cm³/mol. The number of ether oxygens (including phenoxy) is 4. The maximum atomic E-state index is 12.8. The second kappa shape index (κ2) is 14.9. The van der Waals surface area contributed by atoms with E-state index in [0.717, 1.165) is 25.1 Å². The maximum Gasteiger partial charge on any atom is 0.303 e. The molecular formula is C32H49N3O8. The molecule has 1 spiro atoms. The number of nitrogens with one attached hydrogen (secondary N) is 2. The summed E-state index contributed by atoms with van der Waals surface area (Å²) in [5.41, 5.74) is 0.398. The number of hydrogen-bond acceptors (Lipinski definition) is 9. The molecule has 0 aromatic carbocycles. The van der Waals surface area contributed by atoms with E-state index in [0.29, 0.717) is 32.5 Å². The highest BCUT2D eigenvalue weighted by Crippen LogP contribution is 2.43. The van der Waals surface area contributed by atoms with Crippen molar-refractivity contribution in [2.45, 2.75) is 109 Å².